The number of rotatable bonds is 7. The lowest BCUT2D eigenvalue weighted by atomic mass is 10.1. The molecule has 1 unspecified atom stereocenters. The Balaban J connectivity index is 1.06. The Morgan fingerprint density at radius 2 is 1.90 bits per heavy atom. The van der Waals surface area contributed by atoms with Crippen LogP contribution < -0.4 is 15.1 Å². The SMILES string of the molecule is C[C@@]1(c2ccc(Cl)cc2Cl)OCC(COc2ccc(N3CCN(C(=O)N/N=C/c4cccc(O)c4)CC3)cc2)O1. The summed E-state index contributed by atoms with van der Waals surface area (Å²) in [7, 11) is 0. The van der Waals surface area contributed by atoms with Crippen LogP contribution in [0.5, 0.6) is 11.5 Å². The van der Waals surface area contributed by atoms with E-state index >= 15 is 0 Å². The zero-order chi connectivity index (χ0) is 28.1. The molecule has 2 fully saturated rings. The summed E-state index contributed by atoms with van der Waals surface area (Å²) in [5, 5.41) is 14.5. The van der Waals surface area contributed by atoms with Crippen molar-refractivity contribution in [1.29, 1.82) is 0 Å². The molecule has 40 heavy (non-hydrogen) atoms. The number of hydrogen-bond donors (Lipinski definition) is 2. The van der Waals surface area contributed by atoms with E-state index in [1.807, 2.05) is 37.3 Å². The van der Waals surface area contributed by atoms with Gasteiger partial charge in [0.15, 0.2) is 5.79 Å². The van der Waals surface area contributed by atoms with Gasteiger partial charge in [0.05, 0.1) is 17.8 Å². The average molecular weight is 585 g/mol. The van der Waals surface area contributed by atoms with E-state index < -0.39 is 5.79 Å². The number of nitrogens with zero attached hydrogens (tertiary/aromatic N) is 3. The van der Waals surface area contributed by atoms with Crippen LogP contribution in [0.4, 0.5) is 10.5 Å². The fourth-order valence-corrected chi connectivity index (χ4v) is 5.25. The van der Waals surface area contributed by atoms with Gasteiger partial charge >= 0.3 is 6.03 Å². The van der Waals surface area contributed by atoms with Crippen LogP contribution in [-0.2, 0) is 15.3 Å². The average Bonchev–Trinajstić information content (AvgIpc) is 3.33. The second-order valence-corrected chi connectivity index (χ2v) is 10.5. The molecule has 3 aromatic carbocycles. The molecule has 2 atom stereocenters. The van der Waals surface area contributed by atoms with Crippen LogP contribution in [0.25, 0.3) is 0 Å². The van der Waals surface area contributed by atoms with Crippen LogP contribution in [0, 0.1) is 0 Å². The van der Waals surface area contributed by atoms with Gasteiger partial charge in [0, 0.05) is 42.5 Å². The van der Waals surface area contributed by atoms with E-state index in [9.17, 15) is 9.90 Å². The van der Waals surface area contributed by atoms with E-state index in [2.05, 4.69) is 15.4 Å². The first-order chi connectivity index (χ1) is 19.3. The van der Waals surface area contributed by atoms with Crippen LogP contribution in [-0.4, -0.2) is 67.7 Å². The van der Waals surface area contributed by atoms with Gasteiger partial charge in [-0.25, -0.2) is 10.2 Å². The number of hydrazone groups is 1. The molecule has 2 aliphatic rings. The summed E-state index contributed by atoms with van der Waals surface area (Å²) in [5.74, 6) is -0.0864. The number of carbonyl (C=O) groups is 1. The van der Waals surface area contributed by atoms with Gasteiger partial charge in [0.2, 0.25) is 0 Å². The number of urea groups is 1. The molecule has 0 radical (unpaired) electrons. The fourth-order valence-electron chi connectivity index (χ4n) is 4.67. The first-order valence-electron chi connectivity index (χ1n) is 12.9. The van der Waals surface area contributed by atoms with Gasteiger partial charge in [0.25, 0.3) is 0 Å². The van der Waals surface area contributed by atoms with Crippen molar-refractivity contribution in [2.45, 2.75) is 18.8 Å². The monoisotopic (exact) mass is 584 g/mol. The number of ether oxygens (including phenoxy) is 3. The lowest BCUT2D eigenvalue weighted by Gasteiger charge is -2.35. The summed E-state index contributed by atoms with van der Waals surface area (Å²) in [4.78, 5) is 16.4. The normalized spacial score (nSPS) is 21.1. The zero-order valence-electron chi connectivity index (χ0n) is 21.9. The van der Waals surface area contributed by atoms with Gasteiger partial charge in [-0.1, -0.05) is 41.4 Å². The summed E-state index contributed by atoms with van der Waals surface area (Å²) >= 11 is 12.4. The van der Waals surface area contributed by atoms with Crippen LogP contribution in [0.1, 0.15) is 18.1 Å². The first-order valence-corrected chi connectivity index (χ1v) is 13.7. The van der Waals surface area contributed by atoms with Crippen molar-refractivity contribution in [3.8, 4) is 11.5 Å². The highest BCUT2D eigenvalue weighted by molar-refractivity contribution is 6.35. The highest BCUT2D eigenvalue weighted by Crippen LogP contribution is 2.38. The Bertz CT molecular complexity index is 1360. The number of halogens is 2. The van der Waals surface area contributed by atoms with E-state index in [0.717, 1.165) is 17.0 Å². The third-order valence-electron chi connectivity index (χ3n) is 6.81. The van der Waals surface area contributed by atoms with Gasteiger partial charge in [-0.2, -0.15) is 5.10 Å². The maximum Gasteiger partial charge on any atom is 0.337 e. The van der Waals surface area contributed by atoms with E-state index in [1.54, 1.807) is 41.3 Å². The van der Waals surface area contributed by atoms with E-state index in [1.165, 1.54) is 6.21 Å². The summed E-state index contributed by atoms with van der Waals surface area (Å²) in [6.45, 7) is 5.09. The summed E-state index contributed by atoms with van der Waals surface area (Å²) in [6, 6.07) is 19.5. The molecule has 11 heteroatoms. The van der Waals surface area contributed by atoms with Crippen molar-refractivity contribution in [3.05, 3.63) is 87.9 Å². The molecule has 3 aromatic rings. The second-order valence-electron chi connectivity index (χ2n) is 9.67. The molecule has 2 aliphatic heterocycles. The third-order valence-corrected chi connectivity index (χ3v) is 7.35. The lowest BCUT2D eigenvalue weighted by Crippen LogP contribution is -2.51. The molecule has 0 aliphatic carbocycles. The minimum atomic E-state index is -0.961. The largest absolute Gasteiger partial charge is 0.508 e. The van der Waals surface area contributed by atoms with Gasteiger partial charge in [-0.3, -0.25) is 0 Å². The minimum Gasteiger partial charge on any atom is -0.508 e. The lowest BCUT2D eigenvalue weighted by molar-refractivity contribution is -0.164. The van der Waals surface area contributed by atoms with Gasteiger partial charge in [-0.15, -0.1) is 0 Å². The standard InChI is InChI=1S/C29H30Cl2N4O5/c1-29(26-10-5-21(30)16-27(26)31)39-19-25(40-29)18-38-24-8-6-22(7-9-24)34-11-13-35(14-12-34)28(37)33-32-17-20-3-2-4-23(36)15-20/h2-10,15-17,25,36H,11-14,18-19H2,1H3,(H,33,37)/b32-17+/t25?,29-/m1/s1. The number of phenolic OH excluding ortho intramolecular Hbond substituents is 1. The predicted octanol–water partition coefficient (Wildman–Crippen LogP) is 5.23. The van der Waals surface area contributed by atoms with Gasteiger partial charge < -0.3 is 29.1 Å². The highest BCUT2D eigenvalue weighted by Gasteiger charge is 2.40. The van der Waals surface area contributed by atoms with Gasteiger partial charge in [-0.05, 0) is 61.0 Å². The zero-order valence-corrected chi connectivity index (χ0v) is 23.4. The van der Waals surface area contributed by atoms with Gasteiger partial charge in [0.1, 0.15) is 24.2 Å². The van der Waals surface area contributed by atoms with Crippen molar-refractivity contribution in [2.75, 3.05) is 44.3 Å². The van der Waals surface area contributed by atoms with Crippen molar-refractivity contribution in [1.82, 2.24) is 10.3 Å². The number of benzene rings is 3. The molecular formula is C29H30Cl2N4O5. The molecule has 210 valence electrons. The van der Waals surface area contributed by atoms with Crippen molar-refractivity contribution >= 4 is 41.1 Å². The van der Waals surface area contributed by atoms with Crippen LogP contribution in [0.2, 0.25) is 10.0 Å². The maximum absolute atomic E-state index is 12.5. The second kappa shape index (κ2) is 12.3. The molecule has 0 saturated carbocycles. The quantitative estimate of drug-likeness (QED) is 0.291. The Morgan fingerprint density at radius 3 is 2.62 bits per heavy atom. The summed E-state index contributed by atoms with van der Waals surface area (Å²) in [6.07, 6.45) is 1.25. The predicted molar refractivity (Wildman–Crippen MR) is 155 cm³/mol. The number of piperazine rings is 1. The van der Waals surface area contributed by atoms with Crippen molar-refractivity contribution < 1.29 is 24.1 Å². The number of phenols is 1. The number of nitrogens with one attached hydrogen (secondary N) is 1. The molecular weight excluding hydrogens is 555 g/mol. The number of carbonyl (C=O) groups excluding carboxylic acids is 1. The molecule has 2 heterocycles. The molecule has 9 nitrogen and oxygen atoms in total. The van der Waals surface area contributed by atoms with Crippen molar-refractivity contribution in [2.24, 2.45) is 5.10 Å². The molecule has 2 saturated heterocycles. The molecule has 0 spiro atoms. The summed E-state index contributed by atoms with van der Waals surface area (Å²) < 4.78 is 18.0. The molecule has 2 amide bonds. The summed E-state index contributed by atoms with van der Waals surface area (Å²) in [5.41, 5.74) is 5.03. The number of hydrogen-bond acceptors (Lipinski definition) is 7. The van der Waals surface area contributed by atoms with Crippen LogP contribution in [0.15, 0.2) is 71.8 Å². The van der Waals surface area contributed by atoms with Crippen molar-refractivity contribution in [3.63, 3.8) is 0 Å². The maximum atomic E-state index is 12.5. The molecule has 2 N–H and O–H groups in total. The Labute approximate surface area is 242 Å². The first kappa shape index (κ1) is 28.0. The van der Waals surface area contributed by atoms with E-state index in [-0.39, 0.29) is 17.9 Å². The van der Waals surface area contributed by atoms with E-state index in [4.69, 9.17) is 37.4 Å². The third kappa shape index (κ3) is 6.79. The van der Waals surface area contributed by atoms with Crippen LogP contribution in [0.3, 0.4) is 0 Å². The molecule has 0 aromatic heterocycles. The number of amides is 2. The van der Waals surface area contributed by atoms with Crippen LogP contribution >= 0.6 is 23.2 Å². The highest BCUT2D eigenvalue weighted by atomic mass is 35.5. The Kier molecular flexibility index (Phi) is 8.66. The Morgan fingerprint density at radius 1 is 1.12 bits per heavy atom. The topological polar surface area (TPSA) is 95.9 Å². The minimum absolute atomic E-state index is 0.145. The number of aromatic hydroxyl groups is 1. The molecule has 5 rings (SSSR count). The fraction of sp³-hybridized carbons (Fsp3) is 0.310. The number of anilines is 1. The smallest absolute Gasteiger partial charge is 0.337 e. The van der Waals surface area contributed by atoms with E-state index in [0.29, 0.717) is 55.0 Å². The molecule has 0 bridgehead atoms. The Hall–Kier alpha value is -3.50.